The zero-order chi connectivity index (χ0) is 23.4. The average Bonchev–Trinajstić information content (AvgIpc) is 3.38. The summed E-state index contributed by atoms with van der Waals surface area (Å²) in [6.07, 6.45) is 5.94. The second kappa shape index (κ2) is 8.11. The summed E-state index contributed by atoms with van der Waals surface area (Å²) < 4.78 is 7.87. The van der Waals surface area contributed by atoms with Gasteiger partial charge in [-0.15, -0.1) is 0 Å². The number of aliphatic hydroxyl groups excluding tert-OH is 1. The van der Waals surface area contributed by atoms with Crippen molar-refractivity contribution in [2.45, 2.75) is 70.8 Å². The maximum atomic E-state index is 9.13. The number of ether oxygens (including phenoxy) is 1. The summed E-state index contributed by atoms with van der Waals surface area (Å²) >= 11 is 1.76. The molecule has 0 radical (unpaired) electrons. The molecule has 176 valence electrons. The molecule has 8 heteroatoms. The summed E-state index contributed by atoms with van der Waals surface area (Å²) in [6, 6.07) is 6.75. The molecule has 33 heavy (non-hydrogen) atoms. The van der Waals surface area contributed by atoms with Crippen LogP contribution in [0.2, 0.25) is 0 Å². The van der Waals surface area contributed by atoms with E-state index in [0.29, 0.717) is 19.2 Å². The Morgan fingerprint density at radius 1 is 1.21 bits per heavy atom. The van der Waals surface area contributed by atoms with E-state index in [0.717, 1.165) is 46.1 Å². The van der Waals surface area contributed by atoms with E-state index in [2.05, 4.69) is 68.3 Å². The predicted octanol–water partition coefficient (Wildman–Crippen LogP) is 4.30. The van der Waals surface area contributed by atoms with Gasteiger partial charge in [-0.25, -0.2) is 4.98 Å². The topological polar surface area (TPSA) is 75.4 Å². The summed E-state index contributed by atoms with van der Waals surface area (Å²) in [5, 5.41) is 18.3. The smallest absolute Gasteiger partial charge is 0.186 e. The monoisotopic (exact) mass is 467 g/mol. The lowest BCUT2D eigenvalue weighted by Crippen LogP contribution is -2.61. The number of piperidine rings is 1. The lowest BCUT2D eigenvalue weighted by molar-refractivity contribution is 0.161. The van der Waals surface area contributed by atoms with E-state index >= 15 is 0 Å². The molecule has 1 aromatic carbocycles. The first-order chi connectivity index (χ1) is 15.6. The molecule has 2 N–H and O–H groups in total. The molecule has 0 unspecified atom stereocenters. The van der Waals surface area contributed by atoms with E-state index < -0.39 is 0 Å². The third kappa shape index (κ3) is 4.39. The molecule has 7 nitrogen and oxygen atoms in total. The van der Waals surface area contributed by atoms with E-state index in [4.69, 9.17) is 14.8 Å². The molecule has 0 aliphatic carbocycles. The average molecular weight is 468 g/mol. The third-order valence-corrected chi connectivity index (χ3v) is 7.81. The van der Waals surface area contributed by atoms with Crippen LogP contribution in [0.15, 0.2) is 30.6 Å². The Morgan fingerprint density at radius 2 is 1.97 bits per heavy atom. The summed E-state index contributed by atoms with van der Waals surface area (Å²) in [5.74, 6) is 0.886. The largest absolute Gasteiger partial charge is 0.487 e. The van der Waals surface area contributed by atoms with Crippen LogP contribution in [0, 0.1) is 0 Å². The van der Waals surface area contributed by atoms with Gasteiger partial charge in [0, 0.05) is 41.5 Å². The number of rotatable bonds is 5. The molecule has 4 heterocycles. The van der Waals surface area contributed by atoms with Crippen molar-refractivity contribution in [1.29, 1.82) is 0 Å². The quantitative estimate of drug-likeness (QED) is 0.583. The molecule has 0 atom stereocenters. The molecule has 2 aliphatic rings. The summed E-state index contributed by atoms with van der Waals surface area (Å²) in [5.41, 5.74) is 4.38. The zero-order valence-corrected chi connectivity index (χ0v) is 20.9. The molecule has 2 aliphatic heterocycles. The lowest BCUT2D eigenvalue weighted by atomic mass is 9.79. The first-order valence-corrected chi connectivity index (χ1v) is 12.4. The number of hydrogen-bond donors (Lipinski definition) is 2. The molecule has 5 rings (SSSR count). The maximum Gasteiger partial charge on any atom is 0.186 e. The Hall–Kier alpha value is -2.42. The van der Waals surface area contributed by atoms with Crippen LogP contribution in [0.5, 0.6) is 5.75 Å². The van der Waals surface area contributed by atoms with E-state index in [1.165, 1.54) is 4.88 Å². The van der Waals surface area contributed by atoms with Gasteiger partial charge in [-0.05, 0) is 58.2 Å². The number of anilines is 1. The molecule has 2 aromatic heterocycles. The lowest BCUT2D eigenvalue weighted by Gasteiger charge is -2.48. The minimum atomic E-state index is 0.0751. The van der Waals surface area contributed by atoms with Gasteiger partial charge >= 0.3 is 0 Å². The van der Waals surface area contributed by atoms with Crippen LogP contribution in [-0.2, 0) is 13.2 Å². The fraction of sp³-hybridized carbons (Fsp3) is 0.520. The van der Waals surface area contributed by atoms with Gasteiger partial charge in [0.2, 0.25) is 0 Å². The Bertz CT molecular complexity index is 1150. The minimum absolute atomic E-state index is 0.0751. The number of benzene rings is 1. The van der Waals surface area contributed by atoms with Gasteiger partial charge in [-0.1, -0.05) is 17.4 Å². The van der Waals surface area contributed by atoms with Crippen molar-refractivity contribution in [2.75, 3.05) is 18.6 Å². The molecule has 0 spiro atoms. The Balaban J connectivity index is 1.41. The molecule has 0 saturated carbocycles. The van der Waals surface area contributed by atoms with Gasteiger partial charge < -0.3 is 20.1 Å². The minimum Gasteiger partial charge on any atom is -0.487 e. The summed E-state index contributed by atoms with van der Waals surface area (Å²) in [4.78, 5) is 8.56. The number of aliphatic hydroxyl groups is 1. The standard InChI is InChI=1S/C25H33N5O2S/c1-24(2)11-18(12-25(3,4)28-24)29(5)23-27-20-15-32-21-10-16(6-7-19(21)22(20)33-23)17-13-26-30(14-17)8-9-31/h6-7,10,13-14,18,28,31H,8-9,11-12,15H2,1-5H3. The van der Waals surface area contributed by atoms with Crippen molar-refractivity contribution in [2.24, 2.45) is 0 Å². The second-order valence-corrected chi connectivity index (χ2v) is 11.5. The van der Waals surface area contributed by atoms with Crippen LogP contribution in [0.4, 0.5) is 5.13 Å². The van der Waals surface area contributed by atoms with Gasteiger partial charge in [0.05, 0.1) is 29.9 Å². The maximum absolute atomic E-state index is 9.13. The Morgan fingerprint density at radius 3 is 2.70 bits per heavy atom. The summed E-state index contributed by atoms with van der Waals surface area (Å²) in [6.45, 7) is 10.2. The molecule has 3 aromatic rings. The highest BCUT2D eigenvalue weighted by atomic mass is 32.1. The SMILES string of the molecule is CN(c1nc2c(s1)-c1ccc(-c3cnn(CCO)c3)cc1OC2)C1CC(C)(C)NC(C)(C)C1. The number of aromatic nitrogens is 3. The van der Waals surface area contributed by atoms with Gasteiger partial charge in [0.25, 0.3) is 0 Å². The molecule has 1 fully saturated rings. The Kier molecular flexibility index (Phi) is 5.50. The van der Waals surface area contributed by atoms with Crippen molar-refractivity contribution in [3.8, 4) is 27.3 Å². The number of hydrogen-bond acceptors (Lipinski definition) is 7. The highest BCUT2D eigenvalue weighted by Crippen LogP contribution is 2.45. The Labute approximate surface area is 199 Å². The number of thiazole rings is 1. The van der Waals surface area contributed by atoms with Crippen LogP contribution >= 0.6 is 11.3 Å². The van der Waals surface area contributed by atoms with Gasteiger partial charge in [-0.2, -0.15) is 5.10 Å². The van der Waals surface area contributed by atoms with Crippen LogP contribution < -0.4 is 15.0 Å². The van der Waals surface area contributed by atoms with Crippen molar-refractivity contribution < 1.29 is 9.84 Å². The molecule has 0 bridgehead atoms. The number of nitrogens with one attached hydrogen (secondary N) is 1. The van der Waals surface area contributed by atoms with E-state index in [1.807, 2.05) is 12.4 Å². The number of nitrogens with zero attached hydrogens (tertiary/aromatic N) is 4. The van der Waals surface area contributed by atoms with Crippen molar-refractivity contribution in [1.82, 2.24) is 20.1 Å². The van der Waals surface area contributed by atoms with Crippen molar-refractivity contribution in [3.63, 3.8) is 0 Å². The zero-order valence-electron chi connectivity index (χ0n) is 20.1. The third-order valence-electron chi connectivity index (χ3n) is 6.59. The second-order valence-electron chi connectivity index (χ2n) is 10.6. The fourth-order valence-electron chi connectivity index (χ4n) is 5.39. The fourth-order valence-corrected chi connectivity index (χ4v) is 6.52. The summed E-state index contributed by atoms with van der Waals surface area (Å²) in [7, 11) is 2.18. The van der Waals surface area contributed by atoms with Crippen molar-refractivity contribution >= 4 is 16.5 Å². The highest BCUT2D eigenvalue weighted by molar-refractivity contribution is 7.19. The predicted molar refractivity (Wildman–Crippen MR) is 133 cm³/mol. The first kappa shape index (κ1) is 22.4. The highest BCUT2D eigenvalue weighted by Gasteiger charge is 2.40. The van der Waals surface area contributed by atoms with Crippen LogP contribution in [0.1, 0.15) is 46.2 Å². The molecular formula is C25H33N5O2S. The van der Waals surface area contributed by atoms with Crippen LogP contribution in [0.3, 0.4) is 0 Å². The first-order valence-electron chi connectivity index (χ1n) is 11.6. The van der Waals surface area contributed by atoms with E-state index in [1.54, 1.807) is 16.0 Å². The molecule has 0 amide bonds. The van der Waals surface area contributed by atoms with Gasteiger partial charge in [0.15, 0.2) is 5.13 Å². The van der Waals surface area contributed by atoms with Crippen LogP contribution in [0.25, 0.3) is 21.6 Å². The van der Waals surface area contributed by atoms with E-state index in [-0.39, 0.29) is 17.7 Å². The van der Waals surface area contributed by atoms with Crippen LogP contribution in [-0.4, -0.2) is 50.6 Å². The van der Waals surface area contributed by atoms with E-state index in [9.17, 15) is 0 Å². The van der Waals surface area contributed by atoms with Crippen molar-refractivity contribution in [3.05, 3.63) is 36.3 Å². The molecular weight excluding hydrogens is 434 g/mol. The van der Waals surface area contributed by atoms with Gasteiger partial charge in [0.1, 0.15) is 12.4 Å². The molecule has 1 saturated heterocycles. The number of fused-ring (bicyclic) bond motifs is 3. The van der Waals surface area contributed by atoms with Gasteiger partial charge in [-0.3, -0.25) is 4.68 Å². The normalized spacial score (nSPS) is 19.0.